The SMILES string of the molecule is CN=C(NCc1nnc2ccccn12)NCC1CC(=O)N(CCc2ccccc2)C1.I. The highest BCUT2D eigenvalue weighted by Gasteiger charge is 2.29. The van der Waals surface area contributed by atoms with E-state index in [-0.39, 0.29) is 35.8 Å². The number of halogens is 1. The lowest BCUT2D eigenvalue weighted by Crippen LogP contribution is -2.40. The van der Waals surface area contributed by atoms with Gasteiger partial charge in [0.15, 0.2) is 17.4 Å². The maximum absolute atomic E-state index is 12.4. The molecule has 0 spiro atoms. The van der Waals surface area contributed by atoms with Crippen molar-refractivity contribution in [2.75, 3.05) is 26.7 Å². The quantitative estimate of drug-likeness (QED) is 0.276. The number of aliphatic imine (C=N–C) groups is 1. The van der Waals surface area contributed by atoms with Crippen LogP contribution in [0.5, 0.6) is 0 Å². The first kappa shape index (κ1) is 23.0. The lowest BCUT2D eigenvalue weighted by atomic mass is 10.1. The summed E-state index contributed by atoms with van der Waals surface area (Å²) in [5.74, 6) is 2.02. The van der Waals surface area contributed by atoms with Crippen LogP contribution in [0, 0.1) is 5.92 Å². The molecule has 3 heterocycles. The Balaban J connectivity index is 0.00000272. The third-order valence-electron chi connectivity index (χ3n) is 5.39. The van der Waals surface area contributed by atoms with Crippen LogP contribution >= 0.6 is 24.0 Å². The van der Waals surface area contributed by atoms with Gasteiger partial charge in [0.1, 0.15) is 0 Å². The lowest BCUT2D eigenvalue weighted by Gasteiger charge is -2.17. The molecule has 3 aromatic rings. The van der Waals surface area contributed by atoms with E-state index >= 15 is 0 Å². The number of guanidine groups is 1. The normalized spacial score (nSPS) is 16.4. The smallest absolute Gasteiger partial charge is 0.223 e. The van der Waals surface area contributed by atoms with E-state index in [1.807, 2.05) is 51.9 Å². The molecule has 0 saturated carbocycles. The van der Waals surface area contributed by atoms with E-state index in [9.17, 15) is 4.79 Å². The molecule has 1 aromatic carbocycles. The van der Waals surface area contributed by atoms with Crippen molar-refractivity contribution >= 4 is 41.5 Å². The van der Waals surface area contributed by atoms with Crippen molar-refractivity contribution in [1.29, 1.82) is 0 Å². The number of pyridine rings is 1. The van der Waals surface area contributed by atoms with Gasteiger partial charge in [0.05, 0.1) is 6.54 Å². The molecule has 4 rings (SSSR count). The summed E-state index contributed by atoms with van der Waals surface area (Å²) in [6.07, 6.45) is 3.41. The first-order chi connectivity index (χ1) is 14.7. The molecule has 1 aliphatic rings. The number of carbonyl (C=O) groups is 1. The molecule has 1 saturated heterocycles. The Morgan fingerprint density at radius 3 is 2.74 bits per heavy atom. The molecule has 1 amide bonds. The standard InChI is InChI=1S/C22H27N7O.HI/c1-23-22(25-15-20-27-26-19-9-5-6-11-29(19)20)24-14-18-13-21(30)28(16-18)12-10-17-7-3-2-4-8-17;/h2-9,11,18H,10,12-16H2,1H3,(H2,23,24,25);1H. The molecular formula is C22H28IN7O. The molecule has 164 valence electrons. The minimum atomic E-state index is 0. The number of likely N-dealkylation sites (tertiary alicyclic amines) is 1. The van der Waals surface area contributed by atoms with E-state index in [0.29, 0.717) is 25.5 Å². The van der Waals surface area contributed by atoms with Gasteiger partial charge in [-0.25, -0.2) is 0 Å². The second kappa shape index (κ2) is 11.1. The Hall–Kier alpha value is -2.69. The van der Waals surface area contributed by atoms with Gasteiger partial charge in [0, 0.05) is 45.2 Å². The predicted octanol–water partition coefficient (Wildman–Crippen LogP) is 2.10. The fourth-order valence-corrected chi connectivity index (χ4v) is 3.75. The summed E-state index contributed by atoms with van der Waals surface area (Å²) < 4.78 is 1.94. The van der Waals surface area contributed by atoms with E-state index < -0.39 is 0 Å². The van der Waals surface area contributed by atoms with Crippen molar-refractivity contribution in [3.05, 3.63) is 66.1 Å². The van der Waals surface area contributed by atoms with Crippen LogP contribution in [-0.4, -0.2) is 58.0 Å². The van der Waals surface area contributed by atoms with Crippen LogP contribution in [0.2, 0.25) is 0 Å². The minimum Gasteiger partial charge on any atom is -0.356 e. The summed E-state index contributed by atoms with van der Waals surface area (Å²) in [5.41, 5.74) is 2.08. The lowest BCUT2D eigenvalue weighted by molar-refractivity contribution is -0.127. The van der Waals surface area contributed by atoms with Crippen molar-refractivity contribution in [3.8, 4) is 0 Å². The van der Waals surface area contributed by atoms with Crippen molar-refractivity contribution < 1.29 is 4.79 Å². The number of amides is 1. The van der Waals surface area contributed by atoms with Gasteiger partial charge < -0.3 is 15.5 Å². The number of hydrogen-bond donors (Lipinski definition) is 2. The van der Waals surface area contributed by atoms with Crippen molar-refractivity contribution in [2.45, 2.75) is 19.4 Å². The molecule has 31 heavy (non-hydrogen) atoms. The van der Waals surface area contributed by atoms with Gasteiger partial charge in [0.25, 0.3) is 0 Å². The van der Waals surface area contributed by atoms with Crippen LogP contribution in [0.15, 0.2) is 59.7 Å². The van der Waals surface area contributed by atoms with Gasteiger partial charge in [-0.05, 0) is 24.1 Å². The fraction of sp³-hybridized carbons (Fsp3) is 0.364. The Morgan fingerprint density at radius 1 is 1.13 bits per heavy atom. The Morgan fingerprint density at radius 2 is 1.94 bits per heavy atom. The van der Waals surface area contributed by atoms with Crippen LogP contribution in [0.25, 0.3) is 5.65 Å². The summed E-state index contributed by atoms with van der Waals surface area (Å²) in [6, 6.07) is 16.1. The minimum absolute atomic E-state index is 0. The van der Waals surface area contributed by atoms with Crippen molar-refractivity contribution in [1.82, 2.24) is 30.1 Å². The monoisotopic (exact) mass is 533 g/mol. The maximum Gasteiger partial charge on any atom is 0.223 e. The van der Waals surface area contributed by atoms with Crippen molar-refractivity contribution in [2.24, 2.45) is 10.9 Å². The number of nitrogens with one attached hydrogen (secondary N) is 2. The fourth-order valence-electron chi connectivity index (χ4n) is 3.75. The van der Waals surface area contributed by atoms with Crippen molar-refractivity contribution in [3.63, 3.8) is 0 Å². The first-order valence-corrected chi connectivity index (χ1v) is 10.3. The molecular weight excluding hydrogens is 505 g/mol. The van der Waals surface area contributed by atoms with Gasteiger partial charge in [-0.1, -0.05) is 36.4 Å². The van der Waals surface area contributed by atoms with E-state index in [4.69, 9.17) is 0 Å². The van der Waals surface area contributed by atoms with E-state index in [1.165, 1.54) is 5.56 Å². The van der Waals surface area contributed by atoms with Crippen LogP contribution in [-0.2, 0) is 17.8 Å². The number of fused-ring (bicyclic) bond motifs is 1. The zero-order valence-corrected chi connectivity index (χ0v) is 19.9. The molecule has 2 N–H and O–H groups in total. The summed E-state index contributed by atoms with van der Waals surface area (Å²) in [4.78, 5) is 18.6. The highest BCUT2D eigenvalue weighted by atomic mass is 127. The van der Waals surface area contributed by atoms with Crippen LogP contribution in [0.4, 0.5) is 0 Å². The third kappa shape index (κ3) is 5.93. The zero-order chi connectivity index (χ0) is 20.8. The van der Waals surface area contributed by atoms with Gasteiger partial charge in [-0.2, -0.15) is 0 Å². The Labute approximate surface area is 199 Å². The maximum atomic E-state index is 12.4. The molecule has 1 unspecified atom stereocenters. The average Bonchev–Trinajstić information content (AvgIpc) is 3.36. The summed E-state index contributed by atoms with van der Waals surface area (Å²) in [5, 5.41) is 15.0. The largest absolute Gasteiger partial charge is 0.356 e. The second-order valence-electron chi connectivity index (χ2n) is 7.50. The van der Waals surface area contributed by atoms with Gasteiger partial charge in [0.2, 0.25) is 5.91 Å². The first-order valence-electron chi connectivity index (χ1n) is 10.3. The number of carbonyl (C=O) groups excluding carboxylic acids is 1. The topological polar surface area (TPSA) is 86.9 Å². The van der Waals surface area contributed by atoms with Gasteiger partial charge >= 0.3 is 0 Å². The van der Waals surface area contributed by atoms with E-state index in [1.54, 1.807) is 7.05 Å². The number of benzene rings is 1. The summed E-state index contributed by atoms with van der Waals surface area (Å²) in [6.45, 7) is 2.77. The Kier molecular flexibility index (Phi) is 8.21. The second-order valence-corrected chi connectivity index (χ2v) is 7.50. The van der Waals surface area contributed by atoms with Crippen LogP contribution in [0.1, 0.15) is 17.8 Å². The average molecular weight is 533 g/mol. The van der Waals surface area contributed by atoms with Crippen LogP contribution < -0.4 is 10.6 Å². The van der Waals surface area contributed by atoms with E-state index in [2.05, 4.69) is 38.0 Å². The van der Waals surface area contributed by atoms with Gasteiger partial charge in [-0.15, -0.1) is 34.2 Å². The predicted molar refractivity (Wildman–Crippen MR) is 131 cm³/mol. The molecule has 2 aromatic heterocycles. The molecule has 9 heteroatoms. The number of hydrogen-bond acceptors (Lipinski definition) is 4. The molecule has 0 aliphatic carbocycles. The molecule has 1 fully saturated rings. The number of rotatable bonds is 7. The zero-order valence-electron chi connectivity index (χ0n) is 17.6. The molecule has 8 nitrogen and oxygen atoms in total. The third-order valence-corrected chi connectivity index (χ3v) is 5.39. The van der Waals surface area contributed by atoms with E-state index in [0.717, 1.165) is 31.0 Å². The number of aromatic nitrogens is 3. The molecule has 1 atom stereocenters. The summed E-state index contributed by atoms with van der Waals surface area (Å²) in [7, 11) is 1.74. The molecule has 0 bridgehead atoms. The van der Waals surface area contributed by atoms with Gasteiger partial charge in [-0.3, -0.25) is 14.2 Å². The summed E-state index contributed by atoms with van der Waals surface area (Å²) >= 11 is 0. The van der Waals surface area contributed by atoms with Crippen LogP contribution in [0.3, 0.4) is 0 Å². The number of nitrogens with zero attached hydrogens (tertiary/aromatic N) is 5. The highest BCUT2D eigenvalue weighted by Crippen LogP contribution is 2.17. The molecule has 1 aliphatic heterocycles. The Bertz CT molecular complexity index is 1020. The highest BCUT2D eigenvalue weighted by molar-refractivity contribution is 14.0. The molecule has 0 radical (unpaired) electrons.